The van der Waals surface area contributed by atoms with E-state index in [0.717, 1.165) is 27.8 Å². The minimum absolute atomic E-state index is 0.127. The number of hydrogen-bond donors (Lipinski definition) is 3. The van der Waals surface area contributed by atoms with Crippen molar-refractivity contribution in [1.82, 2.24) is 15.1 Å². The molecule has 4 aromatic rings. The smallest absolute Gasteiger partial charge is 0.329 e. The van der Waals surface area contributed by atoms with E-state index in [0.29, 0.717) is 11.4 Å². The number of carbonyl (C=O) groups is 2. The second-order valence-electron chi connectivity index (χ2n) is 11.6. The molecule has 3 amide bonds. The van der Waals surface area contributed by atoms with Crippen LogP contribution in [0.4, 0.5) is 4.79 Å². The van der Waals surface area contributed by atoms with Gasteiger partial charge in [-0.05, 0) is 48.7 Å². The van der Waals surface area contributed by atoms with Gasteiger partial charge in [-0.2, -0.15) is 0 Å². The lowest BCUT2D eigenvalue weighted by molar-refractivity contribution is -0.0678. The fourth-order valence-electron chi connectivity index (χ4n) is 6.26. The van der Waals surface area contributed by atoms with Crippen LogP contribution in [0.5, 0.6) is 0 Å². The first-order valence-electron chi connectivity index (χ1n) is 15.1. The second-order valence-corrected chi connectivity index (χ2v) is 11.6. The van der Waals surface area contributed by atoms with E-state index in [9.17, 15) is 15.0 Å². The molecule has 8 heteroatoms. The van der Waals surface area contributed by atoms with Crippen molar-refractivity contribution < 1.29 is 24.5 Å². The number of hydrogen-bond acceptors (Lipinski definition) is 5. The maximum absolute atomic E-state index is 15.1. The van der Waals surface area contributed by atoms with Gasteiger partial charge in [0, 0.05) is 18.5 Å². The third kappa shape index (κ3) is 5.64. The van der Waals surface area contributed by atoms with Gasteiger partial charge >= 0.3 is 6.03 Å². The molecule has 3 atom stereocenters. The maximum Gasteiger partial charge on any atom is 0.329 e. The molecule has 0 unspecified atom stereocenters. The number of rotatable bonds is 8. The quantitative estimate of drug-likeness (QED) is 0.244. The summed E-state index contributed by atoms with van der Waals surface area (Å²) in [6.45, 7) is 3.79. The number of aliphatic hydroxyl groups is 2. The second kappa shape index (κ2) is 12.7. The Morgan fingerprint density at radius 3 is 1.91 bits per heavy atom. The number of nitrogens with zero attached hydrogens (tertiary/aromatic N) is 2. The molecular formula is C37H37N3O5. The molecular weight excluding hydrogens is 566 g/mol. The molecule has 0 aromatic heterocycles. The van der Waals surface area contributed by atoms with Gasteiger partial charge in [0.2, 0.25) is 0 Å². The fraction of sp³-hybridized carbons (Fsp3) is 0.243. The molecule has 8 nitrogen and oxygen atoms in total. The van der Waals surface area contributed by atoms with Crippen LogP contribution in [0.3, 0.4) is 0 Å². The van der Waals surface area contributed by atoms with Crippen molar-refractivity contribution in [2.45, 2.75) is 44.2 Å². The molecule has 230 valence electrons. The zero-order valence-electron chi connectivity index (χ0n) is 25.3. The van der Waals surface area contributed by atoms with Crippen LogP contribution < -0.4 is 5.32 Å². The van der Waals surface area contributed by atoms with Crippen LogP contribution in [0.25, 0.3) is 0 Å². The number of nitrogens with one attached hydrogen (secondary N) is 1. The first-order valence-corrected chi connectivity index (χ1v) is 15.1. The first-order chi connectivity index (χ1) is 21.8. The van der Waals surface area contributed by atoms with Gasteiger partial charge in [0.1, 0.15) is 23.7 Å². The van der Waals surface area contributed by atoms with Crippen LogP contribution in [0.2, 0.25) is 0 Å². The summed E-state index contributed by atoms with van der Waals surface area (Å²) in [7, 11) is 0. The van der Waals surface area contributed by atoms with Crippen molar-refractivity contribution in [2.75, 3.05) is 13.2 Å². The largest absolute Gasteiger partial charge is 0.394 e. The summed E-state index contributed by atoms with van der Waals surface area (Å²) in [4.78, 5) is 31.9. The maximum atomic E-state index is 15.1. The van der Waals surface area contributed by atoms with Crippen LogP contribution in [-0.4, -0.2) is 63.5 Å². The van der Waals surface area contributed by atoms with Crippen molar-refractivity contribution in [2.24, 2.45) is 0 Å². The molecule has 4 aromatic carbocycles. The molecule has 2 aliphatic rings. The summed E-state index contributed by atoms with van der Waals surface area (Å²) in [5.74, 6) is -0.0249. The van der Waals surface area contributed by atoms with Gasteiger partial charge in [0.05, 0.1) is 12.7 Å². The number of ether oxygens (including phenoxy) is 1. The number of amides is 3. The minimum atomic E-state index is -1.23. The molecule has 0 radical (unpaired) electrons. The highest BCUT2D eigenvalue weighted by molar-refractivity contribution is 5.96. The van der Waals surface area contributed by atoms with Crippen LogP contribution >= 0.6 is 0 Å². The van der Waals surface area contributed by atoms with Crippen LogP contribution in [-0.2, 0) is 10.3 Å². The van der Waals surface area contributed by atoms with E-state index in [1.807, 2.05) is 105 Å². The van der Waals surface area contributed by atoms with Gasteiger partial charge < -0.3 is 20.3 Å². The van der Waals surface area contributed by atoms with Gasteiger partial charge in [-0.25, -0.2) is 4.79 Å². The lowest BCUT2D eigenvalue weighted by Gasteiger charge is -2.50. The topological polar surface area (TPSA) is 102 Å². The number of aryl methyl sites for hydroxylation is 2. The normalized spacial score (nSPS) is 20.2. The third-order valence-electron chi connectivity index (χ3n) is 8.63. The number of aliphatic hydroxyl groups excluding tert-OH is 2. The SMILES string of the molecule is Cc1ccc(C(c2ccccc2)(c2ccc(C)cc2)N2C(=O)N([C@H]3C[C@H](O)[C@@H](CO)O3)CC=C2NC(=O)c2ccccc2)cc1. The Labute approximate surface area is 263 Å². The highest BCUT2D eigenvalue weighted by atomic mass is 16.5. The average Bonchev–Trinajstić information content (AvgIpc) is 3.44. The molecule has 45 heavy (non-hydrogen) atoms. The third-order valence-corrected chi connectivity index (χ3v) is 8.63. The van der Waals surface area contributed by atoms with E-state index in [4.69, 9.17) is 4.74 Å². The zero-order chi connectivity index (χ0) is 31.6. The van der Waals surface area contributed by atoms with Gasteiger partial charge in [0.25, 0.3) is 5.91 Å². The summed E-state index contributed by atoms with van der Waals surface area (Å²) in [6.07, 6.45) is -0.536. The molecule has 2 aliphatic heterocycles. The van der Waals surface area contributed by atoms with Gasteiger partial charge in [-0.3, -0.25) is 14.6 Å². The average molecular weight is 604 g/mol. The van der Waals surface area contributed by atoms with E-state index in [1.54, 1.807) is 34.1 Å². The Hall–Kier alpha value is -4.76. The summed E-state index contributed by atoms with van der Waals surface area (Å²) in [6, 6.07) is 34.4. The van der Waals surface area contributed by atoms with Crippen LogP contribution in [0.1, 0.15) is 44.6 Å². The molecule has 0 saturated carbocycles. The molecule has 6 rings (SSSR count). The van der Waals surface area contributed by atoms with Crippen molar-refractivity contribution in [3.05, 3.63) is 154 Å². The minimum Gasteiger partial charge on any atom is -0.394 e. The van der Waals surface area contributed by atoms with E-state index < -0.39 is 30.0 Å². The first kappa shape index (κ1) is 30.3. The zero-order valence-corrected chi connectivity index (χ0v) is 25.3. The van der Waals surface area contributed by atoms with Gasteiger partial charge in [-0.15, -0.1) is 0 Å². The van der Waals surface area contributed by atoms with Crippen molar-refractivity contribution >= 4 is 11.9 Å². The van der Waals surface area contributed by atoms with E-state index in [2.05, 4.69) is 5.32 Å². The van der Waals surface area contributed by atoms with Crippen molar-refractivity contribution in [1.29, 1.82) is 0 Å². The van der Waals surface area contributed by atoms with E-state index in [-0.39, 0.29) is 25.5 Å². The summed E-state index contributed by atoms with van der Waals surface area (Å²) in [5, 5.41) is 23.4. The van der Waals surface area contributed by atoms with Gasteiger partial charge in [0.15, 0.2) is 0 Å². The summed E-state index contributed by atoms with van der Waals surface area (Å²) < 4.78 is 5.99. The number of urea groups is 1. The Morgan fingerprint density at radius 1 is 0.844 bits per heavy atom. The van der Waals surface area contributed by atoms with Crippen LogP contribution in [0, 0.1) is 13.8 Å². The Kier molecular flexibility index (Phi) is 8.54. The standard InChI is InChI=1S/C37H37N3O5/c1-25-13-17-29(18-14-25)37(28-11-7-4-8-12-28,30-19-15-26(2)16-20-30)40-33(38-35(43)27-9-5-3-6-10-27)21-22-39(36(40)44)34-23-31(42)32(24-41)45-34/h3-21,31-32,34,41-42H,22-24H2,1-2H3,(H,38,43)/t31-,32+,34+/m0/s1. The number of benzene rings is 4. The summed E-state index contributed by atoms with van der Waals surface area (Å²) >= 11 is 0. The lowest BCUT2D eigenvalue weighted by Crippen LogP contribution is -2.61. The summed E-state index contributed by atoms with van der Waals surface area (Å²) in [5.41, 5.74) is 3.80. The Morgan fingerprint density at radius 2 is 1.38 bits per heavy atom. The molecule has 2 heterocycles. The van der Waals surface area contributed by atoms with Crippen molar-refractivity contribution in [3.8, 4) is 0 Å². The predicted molar refractivity (Wildman–Crippen MR) is 171 cm³/mol. The van der Waals surface area contributed by atoms with Crippen molar-refractivity contribution in [3.63, 3.8) is 0 Å². The molecule has 1 saturated heterocycles. The Bertz CT molecular complexity index is 1630. The molecule has 0 spiro atoms. The highest BCUT2D eigenvalue weighted by Crippen LogP contribution is 2.46. The monoisotopic (exact) mass is 603 g/mol. The fourth-order valence-corrected chi connectivity index (χ4v) is 6.26. The molecule has 1 fully saturated rings. The molecule has 3 N–H and O–H groups in total. The predicted octanol–water partition coefficient (Wildman–Crippen LogP) is 5.07. The Balaban J connectivity index is 1.59. The van der Waals surface area contributed by atoms with Gasteiger partial charge in [-0.1, -0.05) is 108 Å². The van der Waals surface area contributed by atoms with Crippen LogP contribution in [0.15, 0.2) is 121 Å². The lowest BCUT2D eigenvalue weighted by atomic mass is 9.75. The van der Waals surface area contributed by atoms with E-state index in [1.165, 1.54) is 0 Å². The molecule has 0 bridgehead atoms. The molecule has 0 aliphatic carbocycles. The highest BCUT2D eigenvalue weighted by Gasteiger charge is 2.51. The van der Waals surface area contributed by atoms with E-state index >= 15 is 4.79 Å². The number of carbonyl (C=O) groups excluding carboxylic acids is 2.